The van der Waals surface area contributed by atoms with Gasteiger partial charge in [0, 0.05) is 31.6 Å². The highest BCUT2D eigenvalue weighted by Crippen LogP contribution is 2.18. The SMILES string of the molecule is CN1CCn2nc(NC(=O)c3ncccc3S(C)(=O)=O)cc2C1. The summed E-state index contributed by atoms with van der Waals surface area (Å²) in [6.07, 6.45) is 2.43. The first-order chi connectivity index (χ1) is 10.8. The minimum atomic E-state index is -3.54. The smallest absolute Gasteiger partial charge is 0.276 e. The molecular weight excluding hydrogens is 318 g/mol. The van der Waals surface area contributed by atoms with Gasteiger partial charge in [0.05, 0.1) is 17.1 Å². The lowest BCUT2D eigenvalue weighted by Crippen LogP contribution is -2.30. The van der Waals surface area contributed by atoms with Crippen molar-refractivity contribution in [1.82, 2.24) is 19.7 Å². The van der Waals surface area contributed by atoms with Crippen molar-refractivity contribution in [2.24, 2.45) is 0 Å². The number of nitrogens with one attached hydrogen (secondary N) is 1. The van der Waals surface area contributed by atoms with Crippen LogP contribution in [0, 0.1) is 0 Å². The molecule has 122 valence electrons. The van der Waals surface area contributed by atoms with Gasteiger partial charge in [-0.25, -0.2) is 13.4 Å². The monoisotopic (exact) mass is 335 g/mol. The van der Waals surface area contributed by atoms with Gasteiger partial charge in [0.15, 0.2) is 15.7 Å². The van der Waals surface area contributed by atoms with Crippen molar-refractivity contribution >= 4 is 21.6 Å². The van der Waals surface area contributed by atoms with Crippen LogP contribution in [0.4, 0.5) is 5.82 Å². The molecule has 2 aromatic heterocycles. The zero-order valence-corrected chi connectivity index (χ0v) is 13.7. The third-order valence-corrected chi connectivity index (χ3v) is 4.74. The normalized spacial score (nSPS) is 15.2. The van der Waals surface area contributed by atoms with E-state index in [1.807, 2.05) is 11.7 Å². The van der Waals surface area contributed by atoms with Crippen molar-refractivity contribution in [1.29, 1.82) is 0 Å². The molecule has 0 unspecified atom stereocenters. The Morgan fingerprint density at radius 2 is 2.13 bits per heavy atom. The summed E-state index contributed by atoms with van der Waals surface area (Å²) in [5.74, 6) is -0.194. The lowest BCUT2D eigenvalue weighted by atomic mass is 10.3. The summed E-state index contributed by atoms with van der Waals surface area (Å²) in [7, 11) is -1.52. The molecule has 0 aromatic carbocycles. The topological polar surface area (TPSA) is 97.2 Å². The first-order valence-electron chi connectivity index (χ1n) is 7.06. The fourth-order valence-corrected chi connectivity index (χ4v) is 3.32. The van der Waals surface area contributed by atoms with Gasteiger partial charge in [-0.05, 0) is 19.2 Å². The van der Waals surface area contributed by atoms with Gasteiger partial charge in [0.2, 0.25) is 0 Å². The Kier molecular flexibility index (Phi) is 3.90. The zero-order chi connectivity index (χ0) is 16.6. The number of hydrogen-bond donors (Lipinski definition) is 1. The van der Waals surface area contributed by atoms with E-state index in [0.717, 1.165) is 31.6 Å². The molecule has 3 heterocycles. The van der Waals surface area contributed by atoms with Crippen molar-refractivity contribution in [3.63, 3.8) is 0 Å². The van der Waals surface area contributed by atoms with Gasteiger partial charge in [-0.1, -0.05) is 0 Å². The second kappa shape index (κ2) is 5.74. The number of hydrogen-bond acceptors (Lipinski definition) is 6. The molecule has 3 rings (SSSR count). The summed E-state index contributed by atoms with van der Waals surface area (Å²) in [5, 5.41) is 6.95. The molecule has 0 spiro atoms. The molecule has 8 nitrogen and oxygen atoms in total. The van der Waals surface area contributed by atoms with Crippen molar-refractivity contribution < 1.29 is 13.2 Å². The molecule has 9 heteroatoms. The number of sulfone groups is 1. The van der Waals surface area contributed by atoms with Gasteiger partial charge in [0.1, 0.15) is 5.69 Å². The lowest BCUT2D eigenvalue weighted by Gasteiger charge is -2.22. The average Bonchev–Trinajstić information content (AvgIpc) is 2.87. The van der Waals surface area contributed by atoms with Crippen molar-refractivity contribution in [3.8, 4) is 0 Å². The molecule has 1 aliphatic heterocycles. The van der Waals surface area contributed by atoms with Gasteiger partial charge in [-0.2, -0.15) is 5.10 Å². The third kappa shape index (κ3) is 3.25. The second-order valence-electron chi connectivity index (χ2n) is 5.56. The maximum Gasteiger partial charge on any atom is 0.276 e. The quantitative estimate of drug-likeness (QED) is 0.871. The number of carbonyl (C=O) groups is 1. The summed E-state index contributed by atoms with van der Waals surface area (Å²) in [6.45, 7) is 2.39. The highest BCUT2D eigenvalue weighted by atomic mass is 32.2. The van der Waals surface area contributed by atoms with E-state index in [9.17, 15) is 13.2 Å². The largest absolute Gasteiger partial charge is 0.304 e. The van der Waals surface area contributed by atoms with Crippen LogP contribution in [-0.4, -0.2) is 53.8 Å². The van der Waals surface area contributed by atoms with E-state index in [4.69, 9.17) is 0 Å². The van der Waals surface area contributed by atoms with Crippen LogP contribution >= 0.6 is 0 Å². The molecule has 0 fully saturated rings. The first kappa shape index (κ1) is 15.6. The van der Waals surface area contributed by atoms with E-state index in [1.165, 1.54) is 18.3 Å². The molecule has 1 aliphatic rings. The number of rotatable bonds is 3. The predicted octanol–water partition coefficient (Wildman–Crippen LogP) is 0.379. The predicted molar refractivity (Wildman–Crippen MR) is 83.9 cm³/mol. The maximum absolute atomic E-state index is 12.4. The van der Waals surface area contributed by atoms with Gasteiger partial charge in [0.25, 0.3) is 5.91 Å². The van der Waals surface area contributed by atoms with Crippen LogP contribution in [0.5, 0.6) is 0 Å². The Morgan fingerprint density at radius 3 is 2.87 bits per heavy atom. The molecule has 0 saturated heterocycles. The van der Waals surface area contributed by atoms with Crippen molar-refractivity contribution in [2.75, 3.05) is 25.2 Å². The maximum atomic E-state index is 12.4. The number of anilines is 1. The molecule has 1 N–H and O–H groups in total. The van der Waals surface area contributed by atoms with Gasteiger partial charge >= 0.3 is 0 Å². The van der Waals surface area contributed by atoms with Crippen molar-refractivity contribution in [3.05, 3.63) is 35.8 Å². The summed E-state index contributed by atoms with van der Waals surface area (Å²) in [4.78, 5) is 18.3. The van der Waals surface area contributed by atoms with Gasteiger partial charge < -0.3 is 5.32 Å². The number of likely N-dealkylation sites (N-methyl/N-ethyl adjacent to an activating group) is 1. The van der Waals surface area contributed by atoms with E-state index in [2.05, 4.69) is 20.3 Å². The molecule has 0 atom stereocenters. The Morgan fingerprint density at radius 1 is 1.35 bits per heavy atom. The number of aromatic nitrogens is 3. The van der Waals surface area contributed by atoms with E-state index < -0.39 is 15.7 Å². The van der Waals surface area contributed by atoms with Crippen LogP contribution < -0.4 is 5.32 Å². The Hall–Kier alpha value is -2.26. The van der Waals surface area contributed by atoms with Crippen molar-refractivity contribution in [2.45, 2.75) is 18.0 Å². The van der Waals surface area contributed by atoms with Gasteiger partial charge in [-0.3, -0.25) is 14.4 Å². The number of pyridine rings is 1. The molecule has 0 aliphatic carbocycles. The summed E-state index contributed by atoms with van der Waals surface area (Å²) in [5.41, 5.74) is 0.872. The summed E-state index contributed by atoms with van der Waals surface area (Å²) in [6, 6.07) is 4.64. The van der Waals surface area contributed by atoms with Crippen LogP contribution in [-0.2, 0) is 22.9 Å². The van der Waals surface area contributed by atoms with Crippen LogP contribution in [0.15, 0.2) is 29.3 Å². The zero-order valence-electron chi connectivity index (χ0n) is 12.9. The van der Waals surface area contributed by atoms with Crippen LogP contribution in [0.2, 0.25) is 0 Å². The standard InChI is InChI=1S/C14H17N5O3S/c1-18-6-7-19-10(9-18)8-12(17-19)16-14(20)13-11(23(2,21)22)4-3-5-15-13/h3-5,8H,6-7,9H2,1-2H3,(H,16,17,20). The summed E-state index contributed by atoms with van der Waals surface area (Å²) < 4.78 is 25.4. The molecule has 23 heavy (non-hydrogen) atoms. The number of amides is 1. The fourth-order valence-electron chi connectivity index (χ4n) is 2.49. The highest BCUT2D eigenvalue weighted by Gasteiger charge is 2.22. The van der Waals surface area contributed by atoms with Gasteiger partial charge in [-0.15, -0.1) is 0 Å². The van der Waals surface area contributed by atoms with E-state index in [-0.39, 0.29) is 10.6 Å². The first-order valence-corrected chi connectivity index (χ1v) is 8.95. The molecule has 0 saturated carbocycles. The number of nitrogens with zero attached hydrogens (tertiary/aromatic N) is 4. The Bertz CT molecular complexity index is 859. The van der Waals surface area contributed by atoms with E-state index >= 15 is 0 Å². The number of fused-ring (bicyclic) bond motifs is 1. The van der Waals surface area contributed by atoms with E-state index in [0.29, 0.717) is 5.82 Å². The number of carbonyl (C=O) groups excluding carboxylic acids is 1. The third-order valence-electron chi connectivity index (χ3n) is 3.62. The van der Waals surface area contributed by atoms with Crippen LogP contribution in [0.25, 0.3) is 0 Å². The molecule has 0 radical (unpaired) electrons. The molecular formula is C14H17N5O3S. The molecule has 0 bridgehead atoms. The fraction of sp³-hybridized carbons (Fsp3) is 0.357. The summed E-state index contributed by atoms with van der Waals surface area (Å²) >= 11 is 0. The minimum Gasteiger partial charge on any atom is -0.304 e. The van der Waals surface area contributed by atoms with Crippen LogP contribution in [0.1, 0.15) is 16.2 Å². The minimum absolute atomic E-state index is 0.0961. The Labute approximate surface area is 134 Å². The lowest BCUT2D eigenvalue weighted by molar-refractivity contribution is 0.101. The highest BCUT2D eigenvalue weighted by molar-refractivity contribution is 7.90. The Balaban J connectivity index is 1.86. The molecule has 1 amide bonds. The molecule has 2 aromatic rings. The van der Waals surface area contributed by atoms with Crippen LogP contribution in [0.3, 0.4) is 0 Å². The average molecular weight is 335 g/mol. The van der Waals surface area contributed by atoms with E-state index in [1.54, 1.807) is 6.07 Å². The second-order valence-corrected chi connectivity index (χ2v) is 7.54.